The lowest BCUT2D eigenvalue weighted by atomic mass is 10.2. The van der Waals surface area contributed by atoms with Crippen LogP contribution in [0, 0.1) is 17.1 Å². The highest BCUT2D eigenvalue weighted by molar-refractivity contribution is 9.10. The Balaban J connectivity index is 2.32. The van der Waals surface area contributed by atoms with Crippen molar-refractivity contribution in [2.24, 2.45) is 0 Å². The summed E-state index contributed by atoms with van der Waals surface area (Å²) >= 11 is 3.40. The van der Waals surface area contributed by atoms with Crippen LogP contribution in [0.3, 0.4) is 0 Å². The summed E-state index contributed by atoms with van der Waals surface area (Å²) in [5.74, 6) is -0.0978. The molecule has 0 bridgehead atoms. The van der Waals surface area contributed by atoms with Crippen molar-refractivity contribution in [3.05, 3.63) is 52.3 Å². The first-order valence-electron chi connectivity index (χ1n) is 5.73. The number of halogens is 2. The minimum absolute atomic E-state index is 0.260. The highest BCUT2D eigenvalue weighted by Crippen LogP contribution is 2.29. The summed E-state index contributed by atoms with van der Waals surface area (Å²) in [6, 6.07) is 11.4. The lowest BCUT2D eigenvalue weighted by Crippen LogP contribution is -2.01. The minimum atomic E-state index is -0.358. The molecule has 1 aromatic heterocycles. The molecule has 0 aliphatic carbocycles. The Morgan fingerprint density at radius 1 is 1.25 bits per heavy atom. The Bertz CT molecular complexity index is 863. The van der Waals surface area contributed by atoms with Gasteiger partial charge in [0.15, 0.2) is 0 Å². The number of nitrogens with zero attached hydrogens (tertiary/aromatic N) is 3. The molecule has 3 rings (SSSR count). The molecular weight excluding hydrogens is 323 g/mol. The number of nitriles is 1. The predicted octanol–water partition coefficient (Wildman–Crippen LogP) is 3.38. The van der Waals surface area contributed by atoms with Gasteiger partial charge in [-0.05, 0) is 46.3 Å². The van der Waals surface area contributed by atoms with Crippen LogP contribution in [0.4, 0.5) is 10.3 Å². The van der Waals surface area contributed by atoms with E-state index in [1.165, 1.54) is 12.1 Å². The van der Waals surface area contributed by atoms with Crippen molar-refractivity contribution in [1.29, 1.82) is 5.26 Å². The van der Waals surface area contributed by atoms with Crippen LogP contribution >= 0.6 is 15.9 Å². The van der Waals surface area contributed by atoms with Crippen LogP contribution in [0.25, 0.3) is 16.7 Å². The summed E-state index contributed by atoms with van der Waals surface area (Å²) < 4.78 is 15.8. The molecule has 0 radical (unpaired) electrons. The topological polar surface area (TPSA) is 67.6 Å². The molecule has 20 heavy (non-hydrogen) atoms. The van der Waals surface area contributed by atoms with Crippen molar-refractivity contribution in [2.45, 2.75) is 0 Å². The predicted molar refractivity (Wildman–Crippen MR) is 77.9 cm³/mol. The average molecular weight is 331 g/mol. The SMILES string of the molecule is N#Cc1ccc(-n2c(N)nc3ccc(F)cc32)c(Br)c1. The van der Waals surface area contributed by atoms with Crippen LogP contribution in [0.5, 0.6) is 0 Å². The number of fused-ring (bicyclic) bond motifs is 1. The zero-order valence-electron chi connectivity index (χ0n) is 10.1. The summed E-state index contributed by atoms with van der Waals surface area (Å²) in [6.45, 7) is 0. The number of hydrogen-bond acceptors (Lipinski definition) is 3. The molecule has 0 aliphatic rings. The molecule has 0 amide bonds. The third-order valence-electron chi connectivity index (χ3n) is 2.96. The van der Waals surface area contributed by atoms with Crippen LogP contribution in [0.15, 0.2) is 40.9 Å². The molecule has 2 N–H and O–H groups in total. The van der Waals surface area contributed by atoms with Gasteiger partial charge in [0.1, 0.15) is 5.82 Å². The summed E-state index contributed by atoms with van der Waals surface area (Å²) in [5, 5.41) is 8.88. The van der Waals surface area contributed by atoms with E-state index < -0.39 is 0 Å². The van der Waals surface area contributed by atoms with Crippen molar-refractivity contribution < 1.29 is 4.39 Å². The van der Waals surface area contributed by atoms with Gasteiger partial charge in [0.05, 0.1) is 28.4 Å². The van der Waals surface area contributed by atoms with Gasteiger partial charge in [0.25, 0.3) is 0 Å². The van der Waals surface area contributed by atoms with Gasteiger partial charge in [-0.15, -0.1) is 0 Å². The standard InChI is InChI=1S/C14H8BrFN4/c15-10-5-8(7-17)1-4-12(10)20-13-6-9(16)2-3-11(13)19-14(20)18/h1-6H,(H2,18,19). The van der Waals surface area contributed by atoms with E-state index in [1.807, 2.05) is 0 Å². The largest absolute Gasteiger partial charge is 0.369 e. The van der Waals surface area contributed by atoms with Gasteiger partial charge >= 0.3 is 0 Å². The highest BCUT2D eigenvalue weighted by Gasteiger charge is 2.13. The Hall–Kier alpha value is -2.39. The van der Waals surface area contributed by atoms with Gasteiger partial charge in [-0.1, -0.05) is 0 Å². The number of aromatic nitrogens is 2. The van der Waals surface area contributed by atoms with Gasteiger partial charge in [-0.2, -0.15) is 5.26 Å². The number of nitrogen functional groups attached to an aromatic ring is 1. The molecule has 0 saturated heterocycles. The molecule has 0 fully saturated rings. The van der Waals surface area contributed by atoms with Gasteiger partial charge in [-0.3, -0.25) is 4.57 Å². The highest BCUT2D eigenvalue weighted by atomic mass is 79.9. The van der Waals surface area contributed by atoms with Crippen LogP contribution in [0.2, 0.25) is 0 Å². The van der Waals surface area contributed by atoms with Crippen molar-refractivity contribution in [1.82, 2.24) is 9.55 Å². The lowest BCUT2D eigenvalue weighted by Gasteiger charge is -2.09. The van der Waals surface area contributed by atoms with Gasteiger partial charge < -0.3 is 5.73 Å². The van der Waals surface area contributed by atoms with E-state index in [0.717, 1.165) is 0 Å². The second kappa shape index (κ2) is 4.62. The minimum Gasteiger partial charge on any atom is -0.369 e. The first-order valence-corrected chi connectivity index (χ1v) is 6.53. The van der Waals surface area contributed by atoms with Crippen LogP contribution < -0.4 is 5.73 Å². The molecule has 2 aromatic carbocycles. The maximum absolute atomic E-state index is 13.4. The van der Waals surface area contributed by atoms with Crippen molar-refractivity contribution in [3.8, 4) is 11.8 Å². The molecule has 0 spiro atoms. The molecule has 3 aromatic rings. The van der Waals surface area contributed by atoms with E-state index >= 15 is 0 Å². The van der Waals surface area contributed by atoms with E-state index in [2.05, 4.69) is 27.0 Å². The summed E-state index contributed by atoms with van der Waals surface area (Å²) in [5.41, 5.74) is 8.33. The fraction of sp³-hybridized carbons (Fsp3) is 0. The molecular formula is C14H8BrFN4. The van der Waals surface area contributed by atoms with Crippen molar-refractivity contribution >= 4 is 32.9 Å². The van der Waals surface area contributed by atoms with Crippen LogP contribution in [0.1, 0.15) is 5.56 Å². The van der Waals surface area contributed by atoms with Crippen LogP contribution in [-0.2, 0) is 0 Å². The van der Waals surface area contributed by atoms with Gasteiger partial charge in [0.2, 0.25) is 5.95 Å². The second-order valence-electron chi connectivity index (χ2n) is 4.22. The molecule has 0 aliphatic heterocycles. The number of nitrogens with two attached hydrogens (primary N) is 1. The summed E-state index contributed by atoms with van der Waals surface area (Å²) in [7, 11) is 0. The Labute approximate surface area is 122 Å². The fourth-order valence-corrected chi connectivity index (χ4v) is 2.63. The number of imidazole rings is 1. The zero-order chi connectivity index (χ0) is 14.3. The number of hydrogen-bond donors (Lipinski definition) is 1. The van der Waals surface area contributed by atoms with E-state index in [1.54, 1.807) is 28.8 Å². The summed E-state index contributed by atoms with van der Waals surface area (Å²) in [6.07, 6.45) is 0. The molecule has 1 heterocycles. The van der Waals surface area contributed by atoms with E-state index in [9.17, 15) is 4.39 Å². The quantitative estimate of drug-likeness (QED) is 0.743. The van der Waals surface area contributed by atoms with Gasteiger partial charge in [-0.25, -0.2) is 9.37 Å². The number of anilines is 1. The number of benzene rings is 2. The van der Waals surface area contributed by atoms with E-state index in [-0.39, 0.29) is 11.8 Å². The molecule has 98 valence electrons. The first kappa shape index (κ1) is 12.6. The monoisotopic (exact) mass is 330 g/mol. The number of rotatable bonds is 1. The first-order chi connectivity index (χ1) is 9.60. The zero-order valence-corrected chi connectivity index (χ0v) is 11.7. The molecule has 0 atom stereocenters. The second-order valence-corrected chi connectivity index (χ2v) is 5.07. The van der Waals surface area contributed by atoms with E-state index in [4.69, 9.17) is 11.0 Å². The maximum atomic E-state index is 13.4. The fourth-order valence-electron chi connectivity index (χ4n) is 2.08. The molecule has 0 saturated carbocycles. The molecule has 0 unspecified atom stereocenters. The summed E-state index contributed by atoms with van der Waals surface area (Å²) in [4.78, 5) is 4.20. The van der Waals surface area contributed by atoms with Crippen LogP contribution in [-0.4, -0.2) is 9.55 Å². The van der Waals surface area contributed by atoms with Crippen molar-refractivity contribution in [2.75, 3.05) is 5.73 Å². The molecule has 4 nitrogen and oxygen atoms in total. The Morgan fingerprint density at radius 2 is 2.05 bits per heavy atom. The smallest absolute Gasteiger partial charge is 0.205 e. The lowest BCUT2D eigenvalue weighted by molar-refractivity contribution is 0.629. The van der Waals surface area contributed by atoms with Gasteiger partial charge in [0, 0.05) is 10.5 Å². The average Bonchev–Trinajstić information content (AvgIpc) is 2.74. The Morgan fingerprint density at radius 3 is 2.75 bits per heavy atom. The van der Waals surface area contributed by atoms with E-state index in [0.29, 0.717) is 26.8 Å². The normalized spacial score (nSPS) is 10.7. The third kappa shape index (κ3) is 1.92. The Kier molecular flexibility index (Phi) is 2.92. The maximum Gasteiger partial charge on any atom is 0.205 e. The third-order valence-corrected chi connectivity index (χ3v) is 3.60. The van der Waals surface area contributed by atoms with Crippen molar-refractivity contribution in [3.63, 3.8) is 0 Å². The molecule has 6 heteroatoms.